The molecule has 0 N–H and O–H groups in total. The lowest BCUT2D eigenvalue weighted by Crippen LogP contribution is -2.15. The van der Waals surface area contributed by atoms with Gasteiger partial charge in [0.2, 0.25) is 0 Å². The van der Waals surface area contributed by atoms with Gasteiger partial charge in [-0.15, -0.1) is 0 Å². The van der Waals surface area contributed by atoms with E-state index in [1.54, 1.807) is 0 Å². The molecule has 13 heavy (non-hydrogen) atoms. The Balaban J connectivity index is 4.26. The second kappa shape index (κ2) is 6.23. The first kappa shape index (κ1) is 12.7. The summed E-state index contributed by atoms with van der Waals surface area (Å²) in [6, 6.07) is 0. The van der Waals surface area contributed by atoms with Crippen LogP contribution in [0.5, 0.6) is 0 Å². The Hall–Kier alpha value is -0.260. The zero-order valence-corrected chi connectivity index (χ0v) is 10.2. The van der Waals surface area contributed by atoms with Crippen LogP contribution in [0.15, 0.2) is 12.2 Å². The van der Waals surface area contributed by atoms with Crippen LogP contribution in [0.1, 0.15) is 48.0 Å². The maximum absolute atomic E-state index is 2.42. The molecule has 0 heteroatoms. The lowest BCUT2D eigenvalue weighted by Gasteiger charge is -2.23. The molecular formula is C13H26. The highest BCUT2D eigenvalue weighted by atomic mass is 14.2. The highest BCUT2D eigenvalue weighted by Gasteiger charge is 2.15. The smallest absolute Gasteiger partial charge is 0.0185 e. The standard InChI is InChI=1S/C13H26/c1-7-12(6)13(11(4)5)9-8-10(2)3/h8-13H,7H2,1-6H3. The van der Waals surface area contributed by atoms with Crippen molar-refractivity contribution in [1.82, 2.24) is 0 Å². The van der Waals surface area contributed by atoms with Crippen molar-refractivity contribution >= 4 is 0 Å². The van der Waals surface area contributed by atoms with Crippen molar-refractivity contribution in [2.45, 2.75) is 48.0 Å². The lowest BCUT2D eigenvalue weighted by molar-refractivity contribution is 0.325. The normalized spacial score (nSPS) is 17.2. The fourth-order valence-corrected chi connectivity index (χ4v) is 1.69. The molecule has 0 amide bonds. The molecule has 0 radical (unpaired) electrons. The van der Waals surface area contributed by atoms with Gasteiger partial charge in [-0.2, -0.15) is 0 Å². The third-order valence-corrected chi connectivity index (χ3v) is 2.79. The van der Waals surface area contributed by atoms with Gasteiger partial charge < -0.3 is 0 Å². The highest BCUT2D eigenvalue weighted by molar-refractivity contribution is 4.93. The molecule has 0 aliphatic carbocycles. The zero-order chi connectivity index (χ0) is 10.4. The molecule has 0 spiro atoms. The summed E-state index contributed by atoms with van der Waals surface area (Å²) in [4.78, 5) is 0. The van der Waals surface area contributed by atoms with E-state index in [0.29, 0.717) is 5.92 Å². The van der Waals surface area contributed by atoms with E-state index < -0.39 is 0 Å². The van der Waals surface area contributed by atoms with Crippen molar-refractivity contribution in [3.05, 3.63) is 12.2 Å². The molecule has 0 saturated heterocycles. The van der Waals surface area contributed by atoms with Gasteiger partial charge in [0.25, 0.3) is 0 Å². The van der Waals surface area contributed by atoms with Crippen LogP contribution in [0.2, 0.25) is 0 Å². The highest BCUT2D eigenvalue weighted by Crippen LogP contribution is 2.25. The van der Waals surface area contributed by atoms with Crippen molar-refractivity contribution in [2.75, 3.05) is 0 Å². The summed E-state index contributed by atoms with van der Waals surface area (Å²) < 4.78 is 0. The van der Waals surface area contributed by atoms with Gasteiger partial charge in [-0.05, 0) is 23.7 Å². The Bertz CT molecular complexity index is 142. The molecule has 0 aromatic carbocycles. The minimum atomic E-state index is 0.685. The molecule has 0 heterocycles. The molecule has 2 unspecified atom stereocenters. The third-order valence-electron chi connectivity index (χ3n) is 2.79. The van der Waals surface area contributed by atoms with E-state index in [1.807, 2.05) is 0 Å². The first-order chi connectivity index (χ1) is 5.99. The van der Waals surface area contributed by atoms with Gasteiger partial charge in [-0.25, -0.2) is 0 Å². The van der Waals surface area contributed by atoms with Crippen molar-refractivity contribution in [1.29, 1.82) is 0 Å². The van der Waals surface area contributed by atoms with E-state index in [1.165, 1.54) is 6.42 Å². The molecule has 0 nitrogen and oxygen atoms in total. The van der Waals surface area contributed by atoms with Crippen molar-refractivity contribution in [3.63, 3.8) is 0 Å². The van der Waals surface area contributed by atoms with E-state index in [-0.39, 0.29) is 0 Å². The molecule has 0 aromatic heterocycles. The first-order valence-electron chi connectivity index (χ1n) is 5.67. The van der Waals surface area contributed by atoms with Crippen LogP contribution >= 0.6 is 0 Å². The van der Waals surface area contributed by atoms with Gasteiger partial charge in [0.15, 0.2) is 0 Å². The Kier molecular flexibility index (Phi) is 6.11. The average molecular weight is 182 g/mol. The predicted octanol–water partition coefficient (Wildman–Crippen LogP) is 4.52. The Labute approximate surface area is 84.4 Å². The maximum Gasteiger partial charge on any atom is -0.0185 e. The van der Waals surface area contributed by atoms with E-state index in [9.17, 15) is 0 Å². The minimum absolute atomic E-state index is 0.685. The van der Waals surface area contributed by atoms with Crippen molar-refractivity contribution in [3.8, 4) is 0 Å². The number of hydrogen-bond acceptors (Lipinski definition) is 0. The Morgan fingerprint density at radius 3 is 1.77 bits per heavy atom. The van der Waals surface area contributed by atoms with Crippen LogP contribution in [0, 0.1) is 23.7 Å². The van der Waals surface area contributed by atoms with E-state index in [2.05, 4.69) is 53.7 Å². The van der Waals surface area contributed by atoms with Crippen LogP contribution in [0.25, 0.3) is 0 Å². The summed E-state index contributed by atoms with van der Waals surface area (Å²) in [6.45, 7) is 13.8. The second-order valence-electron chi connectivity index (χ2n) is 4.84. The number of hydrogen-bond donors (Lipinski definition) is 0. The zero-order valence-electron chi connectivity index (χ0n) is 10.2. The number of rotatable bonds is 5. The van der Waals surface area contributed by atoms with Crippen LogP contribution in [-0.2, 0) is 0 Å². The third kappa shape index (κ3) is 5.13. The van der Waals surface area contributed by atoms with Crippen LogP contribution in [0.4, 0.5) is 0 Å². The lowest BCUT2D eigenvalue weighted by atomic mass is 9.82. The van der Waals surface area contributed by atoms with Crippen LogP contribution < -0.4 is 0 Å². The minimum Gasteiger partial charge on any atom is -0.0857 e. The topological polar surface area (TPSA) is 0 Å². The first-order valence-corrected chi connectivity index (χ1v) is 5.67. The van der Waals surface area contributed by atoms with Gasteiger partial charge in [-0.3, -0.25) is 0 Å². The summed E-state index contributed by atoms with van der Waals surface area (Å²) in [5, 5.41) is 0. The molecule has 0 aromatic rings. The average Bonchev–Trinajstić information content (AvgIpc) is 2.03. The van der Waals surface area contributed by atoms with Gasteiger partial charge >= 0.3 is 0 Å². The molecule has 78 valence electrons. The van der Waals surface area contributed by atoms with Gasteiger partial charge in [0.05, 0.1) is 0 Å². The predicted molar refractivity (Wildman–Crippen MR) is 61.8 cm³/mol. The van der Waals surface area contributed by atoms with Gasteiger partial charge in [0.1, 0.15) is 0 Å². The summed E-state index contributed by atoms with van der Waals surface area (Å²) in [7, 11) is 0. The summed E-state index contributed by atoms with van der Waals surface area (Å²) in [5.41, 5.74) is 0. The van der Waals surface area contributed by atoms with E-state index in [0.717, 1.165) is 17.8 Å². The molecule has 0 fully saturated rings. The van der Waals surface area contributed by atoms with Crippen molar-refractivity contribution in [2.24, 2.45) is 23.7 Å². The van der Waals surface area contributed by atoms with E-state index >= 15 is 0 Å². The molecule has 2 atom stereocenters. The van der Waals surface area contributed by atoms with Crippen molar-refractivity contribution < 1.29 is 0 Å². The SMILES string of the molecule is CCC(C)C(C=CC(C)C)C(C)C. The molecule has 0 rings (SSSR count). The fraction of sp³-hybridized carbons (Fsp3) is 0.846. The fourth-order valence-electron chi connectivity index (χ4n) is 1.69. The van der Waals surface area contributed by atoms with Crippen LogP contribution in [-0.4, -0.2) is 0 Å². The van der Waals surface area contributed by atoms with Crippen LogP contribution in [0.3, 0.4) is 0 Å². The molecular weight excluding hydrogens is 156 g/mol. The molecule has 0 bridgehead atoms. The molecule has 0 saturated carbocycles. The Morgan fingerprint density at radius 2 is 1.46 bits per heavy atom. The maximum atomic E-state index is 2.42. The monoisotopic (exact) mass is 182 g/mol. The largest absolute Gasteiger partial charge is 0.0857 e. The summed E-state index contributed by atoms with van der Waals surface area (Å²) >= 11 is 0. The Morgan fingerprint density at radius 1 is 0.923 bits per heavy atom. The van der Waals surface area contributed by atoms with E-state index in [4.69, 9.17) is 0 Å². The molecule has 0 aliphatic rings. The molecule has 0 aliphatic heterocycles. The summed E-state index contributed by atoms with van der Waals surface area (Å²) in [6.07, 6.45) is 6.05. The second-order valence-corrected chi connectivity index (χ2v) is 4.84. The number of allylic oxidation sites excluding steroid dienone is 2. The van der Waals surface area contributed by atoms with Gasteiger partial charge in [0, 0.05) is 0 Å². The summed E-state index contributed by atoms with van der Waals surface area (Å²) in [5.74, 6) is 3.03. The quantitative estimate of drug-likeness (QED) is 0.548. The van der Waals surface area contributed by atoms with Gasteiger partial charge in [-0.1, -0.05) is 60.1 Å².